The molecule has 21 heavy (non-hydrogen) atoms. The average molecular weight is 316 g/mol. The molecule has 0 bridgehead atoms. The molecular formula is C15H26ClN3O2. The largest absolute Gasteiger partial charge is 0.468 e. The van der Waals surface area contributed by atoms with Gasteiger partial charge in [-0.3, -0.25) is 14.8 Å². The Kier molecular flexibility index (Phi) is 6.23. The van der Waals surface area contributed by atoms with Crippen molar-refractivity contribution < 1.29 is 9.53 Å². The Labute approximate surface area is 132 Å². The lowest BCUT2D eigenvalue weighted by molar-refractivity contribution is -0.148. The van der Waals surface area contributed by atoms with Crippen LogP contribution in [0.15, 0.2) is 0 Å². The summed E-state index contributed by atoms with van der Waals surface area (Å²) in [6.45, 7) is 10.5. The third-order valence-corrected chi connectivity index (χ3v) is 4.13. The van der Waals surface area contributed by atoms with E-state index in [-0.39, 0.29) is 12.0 Å². The molecule has 1 unspecified atom stereocenters. The van der Waals surface area contributed by atoms with Crippen molar-refractivity contribution in [2.75, 3.05) is 7.11 Å². The van der Waals surface area contributed by atoms with Gasteiger partial charge in [0.05, 0.1) is 23.5 Å². The number of hydrogen-bond donors (Lipinski definition) is 1. The fourth-order valence-electron chi connectivity index (χ4n) is 2.57. The lowest BCUT2D eigenvalue weighted by atomic mass is 9.94. The summed E-state index contributed by atoms with van der Waals surface area (Å²) in [7, 11) is 1.42. The maximum absolute atomic E-state index is 12.0. The Bertz CT molecular complexity index is 499. The van der Waals surface area contributed by atoms with Gasteiger partial charge in [0.1, 0.15) is 5.54 Å². The van der Waals surface area contributed by atoms with E-state index in [9.17, 15) is 4.79 Å². The quantitative estimate of drug-likeness (QED) is 0.786. The van der Waals surface area contributed by atoms with Crippen LogP contribution >= 0.6 is 11.6 Å². The van der Waals surface area contributed by atoms with E-state index in [4.69, 9.17) is 16.3 Å². The van der Waals surface area contributed by atoms with Crippen LogP contribution in [0.5, 0.6) is 0 Å². The van der Waals surface area contributed by atoms with Crippen molar-refractivity contribution in [2.24, 2.45) is 0 Å². The molecule has 0 aliphatic rings. The van der Waals surface area contributed by atoms with E-state index in [0.717, 1.165) is 24.4 Å². The number of carbonyl (C=O) groups is 1. The van der Waals surface area contributed by atoms with Gasteiger partial charge in [0.2, 0.25) is 0 Å². The van der Waals surface area contributed by atoms with Gasteiger partial charge in [-0.05, 0) is 47.5 Å². The smallest absolute Gasteiger partial charge is 0.325 e. The predicted molar refractivity (Wildman–Crippen MR) is 84.6 cm³/mol. The summed E-state index contributed by atoms with van der Waals surface area (Å²) < 4.78 is 6.81. The van der Waals surface area contributed by atoms with Crippen molar-refractivity contribution in [3.8, 4) is 0 Å². The second-order valence-electron chi connectivity index (χ2n) is 5.93. The molecule has 1 heterocycles. The highest BCUT2D eigenvalue weighted by Gasteiger charge is 2.34. The van der Waals surface area contributed by atoms with Gasteiger partial charge in [0, 0.05) is 12.6 Å². The highest BCUT2D eigenvalue weighted by atomic mass is 35.5. The number of nitrogens with one attached hydrogen (secondary N) is 1. The topological polar surface area (TPSA) is 56.2 Å². The van der Waals surface area contributed by atoms with Crippen LogP contribution in [0.25, 0.3) is 0 Å². The second kappa shape index (κ2) is 7.27. The molecule has 0 fully saturated rings. The molecule has 6 heteroatoms. The molecule has 0 amide bonds. The molecular weight excluding hydrogens is 290 g/mol. The van der Waals surface area contributed by atoms with Crippen LogP contribution in [-0.4, -0.2) is 34.4 Å². The molecule has 1 aromatic heterocycles. The number of aryl methyl sites for hydroxylation is 2. The van der Waals surface area contributed by atoms with Crippen LogP contribution in [0.4, 0.5) is 0 Å². The maximum atomic E-state index is 12.0. The normalized spacial score (nSPS) is 14.3. The molecule has 0 aliphatic carbocycles. The first-order valence-electron chi connectivity index (χ1n) is 7.27. The molecule has 0 aliphatic heterocycles. The molecule has 0 saturated heterocycles. The van der Waals surface area contributed by atoms with Crippen molar-refractivity contribution in [1.29, 1.82) is 0 Å². The van der Waals surface area contributed by atoms with Crippen molar-refractivity contribution in [3.63, 3.8) is 0 Å². The van der Waals surface area contributed by atoms with E-state index in [1.165, 1.54) is 7.11 Å². The van der Waals surface area contributed by atoms with Crippen LogP contribution in [0.2, 0.25) is 5.02 Å². The summed E-state index contributed by atoms with van der Waals surface area (Å²) in [5.41, 5.74) is 1.12. The average Bonchev–Trinajstić information content (AvgIpc) is 2.64. The van der Waals surface area contributed by atoms with Gasteiger partial charge >= 0.3 is 5.97 Å². The van der Waals surface area contributed by atoms with Gasteiger partial charge in [0.15, 0.2) is 0 Å². The molecule has 0 spiro atoms. The molecule has 5 nitrogen and oxygen atoms in total. The highest BCUT2D eigenvalue weighted by molar-refractivity contribution is 6.31. The fourth-order valence-corrected chi connectivity index (χ4v) is 2.71. The molecule has 0 saturated carbocycles. The van der Waals surface area contributed by atoms with Gasteiger partial charge in [0.25, 0.3) is 0 Å². The number of aromatic nitrogens is 2. The van der Waals surface area contributed by atoms with Crippen molar-refractivity contribution in [3.05, 3.63) is 16.4 Å². The van der Waals surface area contributed by atoms with Crippen LogP contribution < -0.4 is 5.32 Å². The molecule has 1 N–H and O–H groups in total. The van der Waals surface area contributed by atoms with Crippen LogP contribution in [0.1, 0.15) is 45.0 Å². The van der Waals surface area contributed by atoms with E-state index in [1.807, 2.05) is 39.3 Å². The molecule has 1 aromatic rings. The van der Waals surface area contributed by atoms with E-state index < -0.39 is 5.54 Å². The summed E-state index contributed by atoms with van der Waals surface area (Å²) in [6.07, 6.45) is 1.48. The summed E-state index contributed by atoms with van der Waals surface area (Å²) in [5, 5.41) is 8.41. The van der Waals surface area contributed by atoms with E-state index in [1.54, 1.807) is 0 Å². The van der Waals surface area contributed by atoms with Crippen molar-refractivity contribution in [1.82, 2.24) is 15.1 Å². The van der Waals surface area contributed by atoms with E-state index >= 15 is 0 Å². The Morgan fingerprint density at radius 1 is 1.48 bits per heavy atom. The first-order valence-corrected chi connectivity index (χ1v) is 7.64. The number of ether oxygens (including phenoxy) is 1. The van der Waals surface area contributed by atoms with Gasteiger partial charge < -0.3 is 4.74 Å². The molecule has 0 aromatic carbocycles. The zero-order valence-corrected chi connectivity index (χ0v) is 14.5. The minimum atomic E-state index is -0.678. The maximum Gasteiger partial charge on any atom is 0.325 e. The lowest BCUT2D eigenvalue weighted by Gasteiger charge is -2.30. The monoisotopic (exact) mass is 315 g/mol. The summed E-state index contributed by atoms with van der Waals surface area (Å²) in [4.78, 5) is 12.0. The minimum Gasteiger partial charge on any atom is -0.468 e. The van der Waals surface area contributed by atoms with Gasteiger partial charge in [-0.25, -0.2) is 0 Å². The standard InChI is InChI=1S/C15H26ClN3O2/c1-10(2)17-15(5,14(20)21-6)8-7-9-19-12(4)13(16)11(3)18-19/h10,17H,7-9H2,1-6H3. The molecule has 1 rings (SSSR count). The number of esters is 1. The van der Waals surface area contributed by atoms with Crippen LogP contribution in [-0.2, 0) is 16.1 Å². The first kappa shape index (κ1) is 18.0. The Morgan fingerprint density at radius 3 is 2.52 bits per heavy atom. The Balaban J connectivity index is 2.69. The highest BCUT2D eigenvalue weighted by Crippen LogP contribution is 2.21. The minimum absolute atomic E-state index is 0.206. The van der Waals surface area contributed by atoms with Crippen molar-refractivity contribution in [2.45, 2.75) is 65.6 Å². The number of hydrogen-bond acceptors (Lipinski definition) is 4. The zero-order valence-electron chi connectivity index (χ0n) is 13.8. The first-order chi connectivity index (χ1) is 9.71. The van der Waals surface area contributed by atoms with Crippen molar-refractivity contribution >= 4 is 17.6 Å². The van der Waals surface area contributed by atoms with E-state index in [0.29, 0.717) is 11.4 Å². The van der Waals surface area contributed by atoms with Crippen LogP contribution in [0.3, 0.4) is 0 Å². The van der Waals surface area contributed by atoms with Gasteiger partial charge in [-0.1, -0.05) is 11.6 Å². The van der Waals surface area contributed by atoms with Crippen LogP contribution in [0, 0.1) is 13.8 Å². The third kappa shape index (κ3) is 4.45. The number of rotatable bonds is 7. The van der Waals surface area contributed by atoms with E-state index in [2.05, 4.69) is 10.4 Å². The summed E-state index contributed by atoms with van der Waals surface area (Å²) in [6, 6.07) is 0.206. The lowest BCUT2D eigenvalue weighted by Crippen LogP contribution is -2.53. The summed E-state index contributed by atoms with van der Waals surface area (Å²) in [5.74, 6) is -0.234. The number of methoxy groups -OCH3 is 1. The second-order valence-corrected chi connectivity index (χ2v) is 6.31. The third-order valence-electron chi connectivity index (χ3n) is 3.58. The van der Waals surface area contributed by atoms with Gasteiger partial charge in [-0.15, -0.1) is 0 Å². The fraction of sp³-hybridized carbons (Fsp3) is 0.733. The molecule has 1 atom stereocenters. The number of carbonyl (C=O) groups excluding carboxylic acids is 1. The zero-order chi connectivity index (χ0) is 16.2. The molecule has 0 radical (unpaired) electrons. The number of nitrogens with zero attached hydrogens (tertiary/aromatic N) is 2. The summed E-state index contributed by atoms with van der Waals surface area (Å²) >= 11 is 6.14. The SMILES string of the molecule is COC(=O)C(C)(CCCn1nc(C)c(Cl)c1C)NC(C)C. The molecule has 120 valence electrons. The number of halogens is 1. The predicted octanol–water partition coefficient (Wildman–Crippen LogP) is 2.86. The Morgan fingerprint density at radius 2 is 2.10 bits per heavy atom. The Hall–Kier alpha value is -1.07. The van der Waals surface area contributed by atoms with Gasteiger partial charge in [-0.2, -0.15) is 5.10 Å².